The molecule has 1 heterocycles. The van der Waals surface area contributed by atoms with E-state index < -0.39 is 0 Å². The predicted molar refractivity (Wildman–Crippen MR) is 84.6 cm³/mol. The van der Waals surface area contributed by atoms with Gasteiger partial charge in [-0.05, 0) is 26.2 Å². The second kappa shape index (κ2) is 8.42. The molecule has 0 radical (unpaired) electrons. The Hall–Kier alpha value is -0.870. The van der Waals surface area contributed by atoms with E-state index in [1.54, 1.807) is 0 Å². The zero-order chi connectivity index (χ0) is 15.1. The number of rotatable bonds is 8. The third-order valence-electron chi connectivity index (χ3n) is 3.58. The molecule has 0 bridgehead atoms. The molecule has 1 aromatic heterocycles. The summed E-state index contributed by atoms with van der Waals surface area (Å²) in [6, 6.07) is 0.362. The zero-order valence-corrected chi connectivity index (χ0v) is 13.7. The Bertz CT molecular complexity index is 422. The lowest BCUT2D eigenvalue weighted by Gasteiger charge is -2.32. The van der Waals surface area contributed by atoms with Crippen LogP contribution in [0, 0.1) is 6.92 Å². The number of aryl methyl sites for hydroxylation is 1. The molecule has 4 nitrogen and oxygen atoms in total. The van der Waals surface area contributed by atoms with E-state index in [1.165, 1.54) is 0 Å². The number of anilines is 1. The normalized spacial score (nSPS) is 11.2. The average molecular weight is 300 g/mol. The van der Waals surface area contributed by atoms with Crippen LogP contribution >= 0.6 is 11.6 Å². The highest BCUT2D eigenvalue weighted by Crippen LogP contribution is 2.26. The smallest absolute Gasteiger partial charge is 0.137 e. The van der Waals surface area contributed by atoms with Crippen LogP contribution in [0.3, 0.4) is 0 Å². The van der Waals surface area contributed by atoms with Crippen LogP contribution in [0.1, 0.15) is 51.4 Å². The second-order valence-electron chi connectivity index (χ2n) is 5.02. The number of aliphatic hydroxyl groups is 1. The molecule has 0 atom stereocenters. The van der Waals surface area contributed by atoms with Gasteiger partial charge < -0.3 is 10.0 Å². The van der Waals surface area contributed by atoms with Crippen LogP contribution in [0.4, 0.5) is 5.82 Å². The second-order valence-corrected chi connectivity index (χ2v) is 5.37. The van der Waals surface area contributed by atoms with Gasteiger partial charge in [0.05, 0.1) is 6.61 Å². The van der Waals surface area contributed by atoms with Crippen molar-refractivity contribution >= 4 is 17.4 Å². The van der Waals surface area contributed by atoms with Crippen LogP contribution in [0.25, 0.3) is 0 Å². The van der Waals surface area contributed by atoms with Crippen molar-refractivity contribution in [1.29, 1.82) is 0 Å². The van der Waals surface area contributed by atoms with Crippen molar-refractivity contribution in [1.82, 2.24) is 9.97 Å². The summed E-state index contributed by atoms with van der Waals surface area (Å²) in [6.45, 7) is 9.04. The van der Waals surface area contributed by atoms with Crippen molar-refractivity contribution in [3.8, 4) is 0 Å². The SMILES string of the molecule is CCCc1nc(Cl)c(C)c(N(CCO)C(CC)CC)n1. The Kier molecular flexibility index (Phi) is 7.24. The van der Waals surface area contributed by atoms with Gasteiger partial charge in [-0.2, -0.15) is 0 Å². The molecule has 0 aliphatic rings. The first-order chi connectivity index (χ1) is 9.58. The third-order valence-corrected chi connectivity index (χ3v) is 3.94. The maximum Gasteiger partial charge on any atom is 0.137 e. The van der Waals surface area contributed by atoms with E-state index in [1.807, 2.05) is 6.92 Å². The van der Waals surface area contributed by atoms with E-state index >= 15 is 0 Å². The summed E-state index contributed by atoms with van der Waals surface area (Å²) in [4.78, 5) is 11.2. The van der Waals surface area contributed by atoms with Crippen LogP contribution in [0.2, 0.25) is 5.15 Å². The van der Waals surface area contributed by atoms with Gasteiger partial charge >= 0.3 is 0 Å². The molecule has 0 unspecified atom stereocenters. The van der Waals surface area contributed by atoms with Crippen molar-refractivity contribution in [3.05, 3.63) is 16.5 Å². The molecule has 0 aliphatic heterocycles. The molecule has 0 saturated heterocycles. The van der Waals surface area contributed by atoms with Crippen LogP contribution in [0.5, 0.6) is 0 Å². The van der Waals surface area contributed by atoms with Gasteiger partial charge in [-0.1, -0.05) is 32.4 Å². The predicted octanol–water partition coefficient (Wildman–Crippen LogP) is 3.38. The van der Waals surface area contributed by atoms with Crippen LogP contribution in [0.15, 0.2) is 0 Å². The number of halogens is 1. The Morgan fingerprint density at radius 3 is 2.35 bits per heavy atom. The van der Waals surface area contributed by atoms with Gasteiger partial charge in [-0.15, -0.1) is 0 Å². The van der Waals surface area contributed by atoms with Gasteiger partial charge in [-0.3, -0.25) is 0 Å². The number of hydrogen-bond donors (Lipinski definition) is 1. The maximum absolute atomic E-state index is 9.35. The highest BCUT2D eigenvalue weighted by atomic mass is 35.5. The lowest BCUT2D eigenvalue weighted by atomic mass is 10.1. The van der Waals surface area contributed by atoms with Gasteiger partial charge in [0.15, 0.2) is 0 Å². The molecule has 0 aliphatic carbocycles. The molecule has 1 N–H and O–H groups in total. The Morgan fingerprint density at radius 2 is 1.85 bits per heavy atom. The fourth-order valence-corrected chi connectivity index (χ4v) is 2.62. The average Bonchev–Trinajstić information content (AvgIpc) is 2.43. The Morgan fingerprint density at radius 1 is 1.20 bits per heavy atom. The minimum atomic E-state index is 0.112. The van der Waals surface area contributed by atoms with Crippen LogP contribution < -0.4 is 4.90 Å². The molecule has 5 heteroatoms. The largest absolute Gasteiger partial charge is 0.395 e. The van der Waals surface area contributed by atoms with E-state index in [0.29, 0.717) is 17.7 Å². The topological polar surface area (TPSA) is 49.2 Å². The Labute approximate surface area is 127 Å². The summed E-state index contributed by atoms with van der Waals surface area (Å²) in [7, 11) is 0. The van der Waals surface area contributed by atoms with Gasteiger partial charge in [0.1, 0.15) is 16.8 Å². The number of hydrogen-bond acceptors (Lipinski definition) is 4. The summed E-state index contributed by atoms with van der Waals surface area (Å²) in [6.07, 6.45) is 3.84. The van der Waals surface area contributed by atoms with Crippen molar-refractivity contribution < 1.29 is 5.11 Å². The standard InChI is InChI=1S/C15H26ClN3O/c1-5-8-13-17-14(16)11(4)15(18-13)19(9-10-20)12(6-2)7-3/h12,20H,5-10H2,1-4H3. The summed E-state index contributed by atoms with van der Waals surface area (Å²) < 4.78 is 0. The molecule has 0 saturated carbocycles. The fraction of sp³-hybridized carbons (Fsp3) is 0.733. The molecule has 1 aromatic rings. The first-order valence-corrected chi connectivity index (χ1v) is 7.87. The molecule has 0 spiro atoms. The number of aromatic nitrogens is 2. The van der Waals surface area contributed by atoms with E-state index in [-0.39, 0.29) is 6.61 Å². The molecule has 20 heavy (non-hydrogen) atoms. The van der Waals surface area contributed by atoms with Crippen molar-refractivity contribution in [2.24, 2.45) is 0 Å². The maximum atomic E-state index is 9.35. The molecular weight excluding hydrogens is 274 g/mol. The quantitative estimate of drug-likeness (QED) is 0.748. The molecule has 114 valence electrons. The molecule has 0 fully saturated rings. The summed E-state index contributed by atoms with van der Waals surface area (Å²) in [5.74, 6) is 1.66. The van der Waals surface area contributed by atoms with E-state index in [4.69, 9.17) is 11.6 Å². The minimum absolute atomic E-state index is 0.112. The first kappa shape index (κ1) is 17.2. The van der Waals surface area contributed by atoms with Gasteiger partial charge in [-0.25, -0.2) is 9.97 Å². The highest BCUT2D eigenvalue weighted by molar-refractivity contribution is 6.30. The minimum Gasteiger partial charge on any atom is -0.395 e. The first-order valence-electron chi connectivity index (χ1n) is 7.49. The fourth-order valence-electron chi connectivity index (χ4n) is 2.43. The summed E-state index contributed by atoms with van der Waals surface area (Å²) >= 11 is 6.25. The monoisotopic (exact) mass is 299 g/mol. The Balaban J connectivity index is 3.23. The van der Waals surface area contributed by atoms with Gasteiger partial charge in [0, 0.05) is 24.6 Å². The van der Waals surface area contributed by atoms with Crippen molar-refractivity contribution in [2.45, 2.75) is 59.4 Å². The summed E-state index contributed by atoms with van der Waals surface area (Å²) in [5.41, 5.74) is 0.895. The van der Waals surface area contributed by atoms with E-state index in [9.17, 15) is 5.11 Å². The van der Waals surface area contributed by atoms with Gasteiger partial charge in [0.25, 0.3) is 0 Å². The van der Waals surface area contributed by atoms with Crippen molar-refractivity contribution in [2.75, 3.05) is 18.1 Å². The van der Waals surface area contributed by atoms with E-state index in [2.05, 4.69) is 35.6 Å². The lowest BCUT2D eigenvalue weighted by molar-refractivity contribution is 0.295. The number of aliphatic hydroxyl groups excluding tert-OH is 1. The van der Waals surface area contributed by atoms with Gasteiger partial charge in [0.2, 0.25) is 0 Å². The number of nitrogens with zero attached hydrogens (tertiary/aromatic N) is 3. The highest BCUT2D eigenvalue weighted by Gasteiger charge is 2.21. The van der Waals surface area contributed by atoms with E-state index in [0.717, 1.165) is 42.9 Å². The molecule has 0 amide bonds. The molecule has 0 aromatic carbocycles. The summed E-state index contributed by atoms with van der Waals surface area (Å²) in [5, 5.41) is 9.87. The third kappa shape index (κ3) is 4.06. The van der Waals surface area contributed by atoms with Crippen LogP contribution in [-0.2, 0) is 6.42 Å². The zero-order valence-electron chi connectivity index (χ0n) is 13.0. The lowest BCUT2D eigenvalue weighted by Crippen LogP contribution is -2.38. The van der Waals surface area contributed by atoms with Crippen LogP contribution in [-0.4, -0.2) is 34.3 Å². The van der Waals surface area contributed by atoms with Crippen molar-refractivity contribution in [3.63, 3.8) is 0 Å². The molecular formula is C15H26ClN3O. The molecule has 1 rings (SSSR count).